The maximum atomic E-state index is 5.83. The van der Waals surface area contributed by atoms with Crippen molar-refractivity contribution in [2.24, 2.45) is 0 Å². The number of hydrogen-bond donors (Lipinski definition) is 1. The summed E-state index contributed by atoms with van der Waals surface area (Å²) in [6.45, 7) is 10.3. The summed E-state index contributed by atoms with van der Waals surface area (Å²) in [6, 6.07) is 0. The first-order valence-electron chi connectivity index (χ1n) is 7.42. The highest BCUT2D eigenvalue weighted by atomic mass is 16.5. The molecule has 1 aromatic heterocycles. The number of nitrogens with one attached hydrogen (secondary N) is 1. The molecule has 4 nitrogen and oxygen atoms in total. The summed E-state index contributed by atoms with van der Waals surface area (Å²) in [5.74, 6) is 2.00. The van der Waals surface area contributed by atoms with E-state index in [0.29, 0.717) is 5.92 Å². The van der Waals surface area contributed by atoms with E-state index in [9.17, 15) is 0 Å². The minimum Gasteiger partial charge on any atom is -0.477 e. The molecular weight excluding hydrogens is 238 g/mol. The van der Waals surface area contributed by atoms with Crippen LogP contribution in [0.15, 0.2) is 6.33 Å². The summed E-state index contributed by atoms with van der Waals surface area (Å²) in [7, 11) is 0. The number of rotatable bonds is 9. The van der Waals surface area contributed by atoms with Crippen molar-refractivity contribution in [3.05, 3.63) is 11.9 Å². The van der Waals surface area contributed by atoms with Gasteiger partial charge in [-0.3, -0.25) is 0 Å². The second-order valence-electron chi connectivity index (χ2n) is 5.08. The lowest BCUT2D eigenvalue weighted by atomic mass is 10.1. The number of anilines is 1. The standard InChI is InChI=1S/C15H27N3O/c1-5-7-8-10-19-15-13(12(3)4)14(16-9-6-2)17-11-18-15/h11-12H,5-10H2,1-4H3,(H,16,17,18). The van der Waals surface area contributed by atoms with E-state index in [1.165, 1.54) is 12.8 Å². The van der Waals surface area contributed by atoms with Crippen molar-refractivity contribution in [2.45, 2.75) is 59.3 Å². The third kappa shape index (κ3) is 5.05. The van der Waals surface area contributed by atoms with Crippen LogP contribution >= 0.6 is 0 Å². The molecule has 1 heterocycles. The van der Waals surface area contributed by atoms with E-state index in [1.54, 1.807) is 6.33 Å². The average Bonchev–Trinajstić information content (AvgIpc) is 2.41. The maximum Gasteiger partial charge on any atom is 0.222 e. The van der Waals surface area contributed by atoms with Crippen molar-refractivity contribution < 1.29 is 4.74 Å². The SMILES string of the molecule is CCCCCOc1ncnc(NCCC)c1C(C)C. The van der Waals surface area contributed by atoms with Gasteiger partial charge in [0.15, 0.2) is 0 Å². The van der Waals surface area contributed by atoms with E-state index in [2.05, 4.69) is 43.0 Å². The summed E-state index contributed by atoms with van der Waals surface area (Å²) in [5.41, 5.74) is 1.09. The zero-order chi connectivity index (χ0) is 14.1. The molecule has 0 aliphatic rings. The van der Waals surface area contributed by atoms with Gasteiger partial charge in [-0.2, -0.15) is 0 Å². The molecule has 0 bridgehead atoms. The third-order valence-electron chi connectivity index (χ3n) is 2.95. The van der Waals surface area contributed by atoms with Crippen LogP contribution in [-0.2, 0) is 0 Å². The quantitative estimate of drug-likeness (QED) is 0.686. The lowest BCUT2D eigenvalue weighted by Crippen LogP contribution is -2.10. The van der Waals surface area contributed by atoms with Crippen LogP contribution in [0.3, 0.4) is 0 Å². The van der Waals surface area contributed by atoms with Gasteiger partial charge in [0.1, 0.15) is 12.1 Å². The Morgan fingerprint density at radius 3 is 2.58 bits per heavy atom. The molecule has 1 N–H and O–H groups in total. The second kappa shape index (κ2) is 8.73. The Labute approximate surface area is 117 Å². The molecule has 0 fully saturated rings. The largest absolute Gasteiger partial charge is 0.477 e. The van der Waals surface area contributed by atoms with Crippen molar-refractivity contribution in [3.8, 4) is 5.88 Å². The molecular formula is C15H27N3O. The van der Waals surface area contributed by atoms with Gasteiger partial charge in [0, 0.05) is 6.54 Å². The Morgan fingerprint density at radius 2 is 1.95 bits per heavy atom. The van der Waals surface area contributed by atoms with Crippen molar-refractivity contribution in [2.75, 3.05) is 18.5 Å². The minimum atomic E-state index is 0.349. The first kappa shape index (κ1) is 15.7. The van der Waals surface area contributed by atoms with Crippen LogP contribution in [0.5, 0.6) is 5.88 Å². The zero-order valence-corrected chi connectivity index (χ0v) is 12.7. The average molecular weight is 265 g/mol. The highest BCUT2D eigenvalue weighted by Gasteiger charge is 2.15. The molecule has 0 amide bonds. The molecule has 0 saturated heterocycles. The molecule has 1 aromatic rings. The summed E-state index contributed by atoms with van der Waals surface area (Å²) < 4.78 is 5.83. The topological polar surface area (TPSA) is 47.0 Å². The van der Waals surface area contributed by atoms with Crippen LogP contribution in [0.2, 0.25) is 0 Å². The van der Waals surface area contributed by atoms with Gasteiger partial charge in [0.2, 0.25) is 5.88 Å². The Balaban J connectivity index is 2.77. The molecule has 0 aliphatic carbocycles. The Morgan fingerprint density at radius 1 is 1.16 bits per heavy atom. The fourth-order valence-electron chi connectivity index (χ4n) is 1.92. The van der Waals surface area contributed by atoms with E-state index < -0.39 is 0 Å². The van der Waals surface area contributed by atoms with E-state index in [4.69, 9.17) is 4.74 Å². The molecule has 1 rings (SSSR count). The third-order valence-corrected chi connectivity index (χ3v) is 2.95. The second-order valence-corrected chi connectivity index (χ2v) is 5.08. The molecule has 0 radical (unpaired) electrons. The first-order valence-corrected chi connectivity index (χ1v) is 7.42. The molecule has 4 heteroatoms. The monoisotopic (exact) mass is 265 g/mol. The molecule has 0 spiro atoms. The highest BCUT2D eigenvalue weighted by Crippen LogP contribution is 2.30. The molecule has 0 unspecified atom stereocenters. The fraction of sp³-hybridized carbons (Fsp3) is 0.733. The van der Waals surface area contributed by atoms with Gasteiger partial charge in [-0.15, -0.1) is 0 Å². The van der Waals surface area contributed by atoms with Crippen LogP contribution in [0.25, 0.3) is 0 Å². The van der Waals surface area contributed by atoms with Crippen LogP contribution in [0, 0.1) is 0 Å². The predicted molar refractivity (Wildman–Crippen MR) is 79.9 cm³/mol. The van der Waals surface area contributed by atoms with Crippen molar-refractivity contribution in [3.63, 3.8) is 0 Å². The van der Waals surface area contributed by atoms with Gasteiger partial charge in [0.25, 0.3) is 0 Å². The van der Waals surface area contributed by atoms with Gasteiger partial charge < -0.3 is 10.1 Å². The summed E-state index contributed by atoms with van der Waals surface area (Å²) in [6.07, 6.45) is 6.14. The fourth-order valence-corrected chi connectivity index (χ4v) is 1.92. The molecule has 0 aliphatic heterocycles. The number of hydrogen-bond acceptors (Lipinski definition) is 4. The molecule has 0 atom stereocenters. The van der Waals surface area contributed by atoms with E-state index >= 15 is 0 Å². The summed E-state index contributed by atoms with van der Waals surface area (Å²) in [4.78, 5) is 8.63. The van der Waals surface area contributed by atoms with Crippen molar-refractivity contribution >= 4 is 5.82 Å². The lowest BCUT2D eigenvalue weighted by Gasteiger charge is -2.16. The summed E-state index contributed by atoms with van der Waals surface area (Å²) >= 11 is 0. The molecule has 0 aromatic carbocycles. The number of nitrogens with zero attached hydrogens (tertiary/aromatic N) is 2. The highest BCUT2D eigenvalue weighted by molar-refractivity contribution is 5.50. The maximum absolute atomic E-state index is 5.83. The van der Waals surface area contributed by atoms with Gasteiger partial charge in [-0.25, -0.2) is 9.97 Å². The van der Waals surface area contributed by atoms with E-state index in [1.807, 2.05) is 0 Å². The van der Waals surface area contributed by atoms with Crippen LogP contribution in [0.4, 0.5) is 5.82 Å². The minimum absolute atomic E-state index is 0.349. The van der Waals surface area contributed by atoms with Gasteiger partial charge >= 0.3 is 0 Å². The Kier molecular flexibility index (Phi) is 7.23. The van der Waals surface area contributed by atoms with Crippen LogP contribution < -0.4 is 10.1 Å². The predicted octanol–water partition coefficient (Wildman–Crippen LogP) is 3.99. The Bertz CT molecular complexity index is 366. The Hall–Kier alpha value is -1.32. The van der Waals surface area contributed by atoms with Gasteiger partial charge in [0.05, 0.1) is 12.2 Å². The zero-order valence-electron chi connectivity index (χ0n) is 12.7. The van der Waals surface area contributed by atoms with Crippen molar-refractivity contribution in [1.29, 1.82) is 0 Å². The van der Waals surface area contributed by atoms with Gasteiger partial charge in [-0.05, 0) is 18.8 Å². The number of aromatic nitrogens is 2. The van der Waals surface area contributed by atoms with E-state index in [-0.39, 0.29) is 0 Å². The number of ether oxygens (including phenoxy) is 1. The molecule has 19 heavy (non-hydrogen) atoms. The smallest absolute Gasteiger partial charge is 0.222 e. The van der Waals surface area contributed by atoms with Crippen LogP contribution in [-0.4, -0.2) is 23.1 Å². The van der Waals surface area contributed by atoms with E-state index in [0.717, 1.165) is 43.3 Å². The van der Waals surface area contributed by atoms with Crippen LogP contribution in [0.1, 0.15) is 64.9 Å². The summed E-state index contributed by atoms with van der Waals surface area (Å²) in [5, 5.41) is 3.36. The molecule has 0 saturated carbocycles. The normalized spacial score (nSPS) is 10.8. The van der Waals surface area contributed by atoms with Crippen molar-refractivity contribution in [1.82, 2.24) is 9.97 Å². The number of unbranched alkanes of at least 4 members (excludes halogenated alkanes) is 2. The van der Waals surface area contributed by atoms with Gasteiger partial charge in [-0.1, -0.05) is 40.5 Å². The molecule has 108 valence electrons. The lowest BCUT2D eigenvalue weighted by molar-refractivity contribution is 0.290. The first-order chi connectivity index (χ1) is 9.20.